The summed E-state index contributed by atoms with van der Waals surface area (Å²) in [4.78, 5) is 7.52. The molecule has 0 spiro atoms. The summed E-state index contributed by atoms with van der Waals surface area (Å²) in [5, 5.41) is 2.37. The van der Waals surface area contributed by atoms with Crippen LogP contribution in [0.5, 0.6) is 0 Å². The maximum atomic E-state index is 5.01. The minimum absolute atomic E-state index is 0. The Kier molecular flexibility index (Phi) is 6.58. The highest BCUT2D eigenvalue weighted by atomic mass is 35.5. The number of piperidine rings is 1. The fourth-order valence-electron chi connectivity index (χ4n) is 3.56. The molecule has 4 rings (SSSR count). The van der Waals surface area contributed by atoms with Crippen LogP contribution in [0, 0.1) is 0 Å². The van der Waals surface area contributed by atoms with E-state index in [0.29, 0.717) is 6.04 Å². The van der Waals surface area contributed by atoms with E-state index in [-0.39, 0.29) is 12.4 Å². The van der Waals surface area contributed by atoms with Gasteiger partial charge in [-0.25, -0.2) is 4.98 Å². The molecule has 2 nitrogen and oxygen atoms in total. The molecule has 0 aliphatic carbocycles. The van der Waals surface area contributed by atoms with Gasteiger partial charge in [0.05, 0.1) is 5.52 Å². The van der Waals surface area contributed by atoms with Crippen LogP contribution in [0.4, 0.5) is 0 Å². The number of fused-ring (bicyclic) bond motifs is 1. The summed E-state index contributed by atoms with van der Waals surface area (Å²) in [5.74, 6) is 1.11. The second-order valence-corrected chi connectivity index (χ2v) is 7.85. The average molecular weight is 385 g/mol. The van der Waals surface area contributed by atoms with Crippen LogP contribution in [0.1, 0.15) is 19.3 Å². The zero-order chi connectivity index (χ0) is 17.1. The van der Waals surface area contributed by atoms with E-state index < -0.39 is 0 Å². The third-order valence-corrected chi connectivity index (χ3v) is 6.24. The lowest BCUT2D eigenvalue weighted by molar-refractivity contribution is 0.204. The van der Waals surface area contributed by atoms with E-state index in [1.807, 2.05) is 11.8 Å². The predicted octanol–water partition coefficient (Wildman–Crippen LogP) is 5.90. The van der Waals surface area contributed by atoms with Crippen LogP contribution in [-0.2, 0) is 0 Å². The van der Waals surface area contributed by atoms with Gasteiger partial charge in [-0.05, 0) is 44.1 Å². The van der Waals surface area contributed by atoms with Crippen LogP contribution in [0.2, 0.25) is 0 Å². The summed E-state index contributed by atoms with van der Waals surface area (Å²) in [5.41, 5.74) is 3.59. The van der Waals surface area contributed by atoms with Crippen molar-refractivity contribution in [2.75, 3.05) is 19.3 Å². The van der Waals surface area contributed by atoms with E-state index in [4.69, 9.17) is 4.98 Å². The summed E-state index contributed by atoms with van der Waals surface area (Å²) >= 11 is 1.91. The minimum atomic E-state index is 0. The third kappa shape index (κ3) is 4.22. The summed E-state index contributed by atoms with van der Waals surface area (Å²) in [6, 6.07) is 22.0. The predicted molar refractivity (Wildman–Crippen MR) is 115 cm³/mol. The second-order valence-electron chi connectivity index (χ2n) is 6.84. The van der Waals surface area contributed by atoms with Crippen LogP contribution in [0.25, 0.3) is 22.0 Å². The molecular weight excluding hydrogens is 360 g/mol. The van der Waals surface area contributed by atoms with Gasteiger partial charge in [0, 0.05) is 22.7 Å². The lowest BCUT2D eigenvalue weighted by atomic mass is 10.0. The molecular formula is C22H25ClN2S. The number of thioether (sulfide) groups is 1. The lowest BCUT2D eigenvalue weighted by Gasteiger charge is -2.32. The van der Waals surface area contributed by atoms with Crippen LogP contribution < -0.4 is 0 Å². The van der Waals surface area contributed by atoms with E-state index in [9.17, 15) is 0 Å². The molecule has 1 saturated heterocycles. The van der Waals surface area contributed by atoms with E-state index in [2.05, 4.69) is 72.6 Å². The molecule has 0 bridgehead atoms. The number of rotatable bonds is 4. The molecule has 2 heterocycles. The number of benzene rings is 2. The maximum absolute atomic E-state index is 5.01. The molecule has 2 aromatic carbocycles. The highest BCUT2D eigenvalue weighted by Gasteiger charge is 2.20. The smallest absolute Gasteiger partial charge is 0.105 e. The fourth-order valence-corrected chi connectivity index (χ4v) is 4.83. The summed E-state index contributed by atoms with van der Waals surface area (Å²) in [7, 11) is 2.26. The minimum Gasteiger partial charge on any atom is -0.303 e. The van der Waals surface area contributed by atoms with E-state index in [1.54, 1.807) is 0 Å². The number of hydrogen-bond donors (Lipinski definition) is 0. The van der Waals surface area contributed by atoms with Crippen molar-refractivity contribution < 1.29 is 0 Å². The lowest BCUT2D eigenvalue weighted by Crippen LogP contribution is -2.37. The maximum Gasteiger partial charge on any atom is 0.105 e. The first-order chi connectivity index (χ1) is 12.3. The molecule has 1 aliphatic heterocycles. The Morgan fingerprint density at radius 1 is 1.04 bits per heavy atom. The van der Waals surface area contributed by atoms with E-state index in [0.717, 1.165) is 16.3 Å². The molecule has 0 N–H and O–H groups in total. The average Bonchev–Trinajstić information content (AvgIpc) is 2.67. The van der Waals surface area contributed by atoms with Gasteiger partial charge in [0.2, 0.25) is 0 Å². The number of nitrogens with zero attached hydrogens (tertiary/aromatic N) is 2. The third-order valence-electron chi connectivity index (χ3n) is 5.11. The van der Waals surface area contributed by atoms with Gasteiger partial charge in [0.15, 0.2) is 0 Å². The largest absolute Gasteiger partial charge is 0.303 e. The monoisotopic (exact) mass is 384 g/mol. The molecule has 1 fully saturated rings. The number of hydrogen-bond acceptors (Lipinski definition) is 3. The summed E-state index contributed by atoms with van der Waals surface area (Å²) < 4.78 is 0. The van der Waals surface area contributed by atoms with Crippen LogP contribution in [0.15, 0.2) is 65.7 Å². The van der Waals surface area contributed by atoms with Crippen molar-refractivity contribution in [1.82, 2.24) is 9.88 Å². The summed E-state index contributed by atoms with van der Waals surface area (Å²) in [6.07, 6.45) is 3.99. The van der Waals surface area contributed by atoms with Gasteiger partial charge in [-0.15, -0.1) is 24.2 Å². The van der Waals surface area contributed by atoms with Gasteiger partial charge >= 0.3 is 0 Å². The number of aromatic nitrogens is 1. The molecule has 136 valence electrons. The van der Waals surface area contributed by atoms with Crippen molar-refractivity contribution in [2.45, 2.75) is 30.3 Å². The first kappa shape index (κ1) is 19.2. The molecule has 26 heavy (non-hydrogen) atoms. The zero-order valence-electron chi connectivity index (χ0n) is 15.1. The first-order valence-electron chi connectivity index (χ1n) is 9.09. The molecule has 1 unspecified atom stereocenters. The Labute approximate surface area is 166 Å². The molecule has 1 atom stereocenters. The van der Waals surface area contributed by atoms with Crippen molar-refractivity contribution in [3.05, 3.63) is 60.7 Å². The Balaban J connectivity index is 0.00000196. The number of likely N-dealkylation sites (tertiary alicyclic amines) is 1. The summed E-state index contributed by atoms with van der Waals surface area (Å²) in [6.45, 7) is 1.22. The fraction of sp³-hybridized carbons (Fsp3) is 0.318. The van der Waals surface area contributed by atoms with Gasteiger partial charge in [-0.3, -0.25) is 0 Å². The Bertz CT molecular complexity index is 853. The highest BCUT2D eigenvalue weighted by molar-refractivity contribution is 7.99. The molecule has 3 aromatic rings. The standard InChI is InChI=1S/C22H24N2S.ClH/c1-24-14-8-7-12-19(24)16-25-22-20(17-9-3-2-4-10-17)15-18-11-5-6-13-21(18)23-22;/h2-6,9-11,13,15,19H,7-8,12,14,16H2,1H3;1H. The van der Waals surface area contributed by atoms with Gasteiger partial charge in [-0.1, -0.05) is 55.0 Å². The van der Waals surface area contributed by atoms with Crippen molar-refractivity contribution in [1.29, 1.82) is 0 Å². The first-order valence-corrected chi connectivity index (χ1v) is 10.1. The van der Waals surface area contributed by atoms with Gasteiger partial charge in [0.1, 0.15) is 5.03 Å². The van der Waals surface area contributed by atoms with Gasteiger partial charge in [0.25, 0.3) is 0 Å². The molecule has 0 saturated carbocycles. The van der Waals surface area contributed by atoms with E-state index in [1.165, 1.54) is 42.3 Å². The highest BCUT2D eigenvalue weighted by Crippen LogP contribution is 2.34. The molecule has 1 aliphatic rings. The van der Waals surface area contributed by atoms with Gasteiger partial charge < -0.3 is 4.90 Å². The van der Waals surface area contributed by atoms with Gasteiger partial charge in [-0.2, -0.15) is 0 Å². The van der Waals surface area contributed by atoms with E-state index >= 15 is 0 Å². The quantitative estimate of drug-likeness (QED) is 0.521. The van der Waals surface area contributed by atoms with Crippen molar-refractivity contribution in [2.24, 2.45) is 0 Å². The van der Waals surface area contributed by atoms with Crippen LogP contribution in [-0.4, -0.2) is 35.3 Å². The number of pyridine rings is 1. The number of para-hydroxylation sites is 1. The second kappa shape index (κ2) is 8.90. The van der Waals surface area contributed by atoms with Crippen molar-refractivity contribution in [3.63, 3.8) is 0 Å². The van der Waals surface area contributed by atoms with Crippen LogP contribution in [0.3, 0.4) is 0 Å². The molecule has 0 radical (unpaired) electrons. The van der Waals surface area contributed by atoms with Crippen molar-refractivity contribution in [3.8, 4) is 11.1 Å². The Morgan fingerprint density at radius 3 is 2.62 bits per heavy atom. The molecule has 0 amide bonds. The normalized spacial score (nSPS) is 17.8. The van der Waals surface area contributed by atoms with Crippen LogP contribution >= 0.6 is 24.2 Å². The molecule has 4 heteroatoms. The zero-order valence-corrected chi connectivity index (χ0v) is 16.7. The number of halogens is 1. The topological polar surface area (TPSA) is 16.1 Å². The van der Waals surface area contributed by atoms with Crippen molar-refractivity contribution >= 4 is 35.1 Å². The molecule has 1 aromatic heterocycles. The Morgan fingerprint density at radius 2 is 1.81 bits per heavy atom. The SMILES string of the molecule is CN1CCCCC1CSc1nc2ccccc2cc1-c1ccccc1.Cl. The Hall–Kier alpha value is -1.55.